The lowest BCUT2D eigenvalue weighted by Crippen LogP contribution is -2.30. The van der Waals surface area contributed by atoms with Crippen molar-refractivity contribution in [2.24, 2.45) is 0 Å². The van der Waals surface area contributed by atoms with Gasteiger partial charge >= 0.3 is 0 Å². The van der Waals surface area contributed by atoms with E-state index in [0.29, 0.717) is 0 Å². The fourth-order valence-corrected chi connectivity index (χ4v) is 2.43. The molecule has 19 heavy (non-hydrogen) atoms. The van der Waals surface area contributed by atoms with Crippen molar-refractivity contribution < 1.29 is 14.9 Å². The Morgan fingerprint density at radius 3 is 2.37 bits per heavy atom. The summed E-state index contributed by atoms with van der Waals surface area (Å²) in [6.45, 7) is 2.43. The minimum absolute atomic E-state index is 0.0975. The predicted octanol–water partition coefficient (Wildman–Crippen LogP) is 2.72. The minimum Gasteiger partial charge on any atom is -0.396 e. The van der Waals surface area contributed by atoms with Gasteiger partial charge in [-0.3, -0.25) is 0 Å². The van der Waals surface area contributed by atoms with Gasteiger partial charge in [-0.2, -0.15) is 0 Å². The van der Waals surface area contributed by atoms with Crippen molar-refractivity contribution >= 4 is 0 Å². The summed E-state index contributed by atoms with van der Waals surface area (Å²) in [6.07, 6.45) is 3.42. The molecule has 0 radical (unpaired) electrons. The van der Waals surface area contributed by atoms with Gasteiger partial charge in [-0.15, -0.1) is 0 Å². The summed E-state index contributed by atoms with van der Waals surface area (Å²) < 4.78 is 5.65. The number of hydrogen-bond donors (Lipinski definition) is 2. The van der Waals surface area contributed by atoms with Gasteiger partial charge < -0.3 is 14.9 Å². The summed E-state index contributed by atoms with van der Waals surface area (Å²) in [7, 11) is 1.72. The molecule has 1 rings (SSSR count). The number of hydrogen-bond acceptors (Lipinski definition) is 3. The number of methoxy groups -OCH3 is 1. The molecule has 3 nitrogen and oxygen atoms in total. The standard InChI is InChI=1S/C16H26O3/c1-16(19-2,10-6-7-11-17)12-15(13-18)14-8-4-3-5-9-14/h3-5,8-9,15,17-18H,6-7,10-13H2,1-2H3. The first kappa shape index (κ1) is 16.2. The molecular formula is C16H26O3. The highest BCUT2D eigenvalue weighted by molar-refractivity contribution is 5.20. The maximum atomic E-state index is 9.61. The van der Waals surface area contributed by atoms with Gasteiger partial charge in [-0.1, -0.05) is 30.3 Å². The number of aliphatic hydroxyl groups excluding tert-OH is 2. The number of ether oxygens (including phenoxy) is 1. The van der Waals surface area contributed by atoms with Gasteiger partial charge in [0.05, 0.1) is 12.2 Å². The van der Waals surface area contributed by atoms with E-state index in [1.807, 2.05) is 30.3 Å². The van der Waals surface area contributed by atoms with Gasteiger partial charge in [-0.25, -0.2) is 0 Å². The van der Waals surface area contributed by atoms with Gasteiger partial charge in [0.2, 0.25) is 0 Å². The summed E-state index contributed by atoms with van der Waals surface area (Å²) in [6, 6.07) is 10.1. The van der Waals surface area contributed by atoms with Gasteiger partial charge in [0, 0.05) is 19.6 Å². The molecular weight excluding hydrogens is 240 g/mol. The molecule has 0 saturated heterocycles. The van der Waals surface area contributed by atoms with Gasteiger partial charge in [0.1, 0.15) is 0 Å². The molecule has 0 aliphatic rings. The van der Waals surface area contributed by atoms with E-state index in [2.05, 4.69) is 6.92 Å². The van der Waals surface area contributed by atoms with Crippen LogP contribution >= 0.6 is 0 Å². The van der Waals surface area contributed by atoms with Crippen molar-refractivity contribution in [1.29, 1.82) is 0 Å². The third kappa shape index (κ3) is 5.31. The van der Waals surface area contributed by atoms with Crippen LogP contribution in [0.4, 0.5) is 0 Å². The van der Waals surface area contributed by atoms with E-state index < -0.39 is 0 Å². The van der Waals surface area contributed by atoms with Crippen LogP contribution in [0.3, 0.4) is 0 Å². The average molecular weight is 266 g/mol. The lowest BCUT2D eigenvalue weighted by Gasteiger charge is -2.32. The van der Waals surface area contributed by atoms with Crippen LogP contribution < -0.4 is 0 Å². The number of rotatable bonds is 9. The Balaban J connectivity index is 2.66. The third-order valence-electron chi connectivity index (χ3n) is 3.78. The van der Waals surface area contributed by atoms with E-state index in [1.54, 1.807) is 7.11 Å². The molecule has 0 heterocycles. The van der Waals surface area contributed by atoms with E-state index in [0.717, 1.165) is 31.2 Å². The molecule has 1 aromatic carbocycles. The van der Waals surface area contributed by atoms with Crippen molar-refractivity contribution in [3.05, 3.63) is 35.9 Å². The second kappa shape index (κ2) is 8.31. The maximum Gasteiger partial charge on any atom is 0.0657 e. The summed E-state index contributed by atoms with van der Waals surface area (Å²) in [5.41, 5.74) is 0.897. The highest BCUT2D eigenvalue weighted by Gasteiger charge is 2.28. The Kier molecular flexibility index (Phi) is 7.06. The lowest BCUT2D eigenvalue weighted by molar-refractivity contribution is -0.0201. The van der Waals surface area contributed by atoms with E-state index in [9.17, 15) is 5.11 Å². The van der Waals surface area contributed by atoms with Crippen LogP contribution in [0.1, 0.15) is 44.1 Å². The fourth-order valence-electron chi connectivity index (χ4n) is 2.43. The Bertz CT molecular complexity index is 339. The zero-order valence-electron chi connectivity index (χ0n) is 12.0. The second-order valence-corrected chi connectivity index (χ2v) is 5.33. The molecule has 0 aromatic heterocycles. The monoisotopic (exact) mass is 266 g/mol. The maximum absolute atomic E-state index is 9.61. The first-order valence-corrected chi connectivity index (χ1v) is 6.97. The van der Waals surface area contributed by atoms with Crippen molar-refractivity contribution in [3.63, 3.8) is 0 Å². The molecule has 0 aliphatic heterocycles. The lowest BCUT2D eigenvalue weighted by atomic mass is 9.84. The Morgan fingerprint density at radius 1 is 1.16 bits per heavy atom. The van der Waals surface area contributed by atoms with Crippen LogP contribution in [0.15, 0.2) is 30.3 Å². The first-order chi connectivity index (χ1) is 9.15. The van der Waals surface area contributed by atoms with Crippen LogP contribution in [-0.2, 0) is 4.74 Å². The van der Waals surface area contributed by atoms with Crippen molar-refractivity contribution in [2.45, 2.75) is 44.1 Å². The van der Waals surface area contributed by atoms with E-state index in [4.69, 9.17) is 9.84 Å². The quantitative estimate of drug-likeness (QED) is 0.676. The summed E-state index contributed by atoms with van der Waals surface area (Å²) in [4.78, 5) is 0. The zero-order chi connectivity index (χ0) is 14.1. The highest BCUT2D eigenvalue weighted by atomic mass is 16.5. The van der Waals surface area contributed by atoms with Gasteiger partial charge in [0.25, 0.3) is 0 Å². The molecule has 0 spiro atoms. The van der Waals surface area contributed by atoms with Crippen molar-refractivity contribution in [1.82, 2.24) is 0 Å². The Labute approximate surface area is 116 Å². The normalized spacial score (nSPS) is 16.0. The molecule has 0 amide bonds. The topological polar surface area (TPSA) is 49.7 Å². The van der Waals surface area contributed by atoms with E-state index >= 15 is 0 Å². The molecule has 0 bridgehead atoms. The molecule has 0 saturated carbocycles. The van der Waals surface area contributed by atoms with E-state index in [1.165, 1.54) is 0 Å². The number of aliphatic hydroxyl groups is 2. The molecule has 2 N–H and O–H groups in total. The van der Waals surface area contributed by atoms with Gasteiger partial charge in [0.15, 0.2) is 0 Å². The zero-order valence-corrected chi connectivity index (χ0v) is 12.0. The predicted molar refractivity (Wildman–Crippen MR) is 77.2 cm³/mol. The van der Waals surface area contributed by atoms with E-state index in [-0.39, 0.29) is 24.7 Å². The molecule has 3 heteroatoms. The highest BCUT2D eigenvalue weighted by Crippen LogP contribution is 2.31. The minimum atomic E-state index is -0.252. The summed E-state index contributed by atoms with van der Waals surface area (Å²) >= 11 is 0. The van der Waals surface area contributed by atoms with Gasteiger partial charge in [-0.05, 0) is 38.2 Å². The Hall–Kier alpha value is -0.900. The molecule has 0 aliphatic carbocycles. The van der Waals surface area contributed by atoms with Crippen LogP contribution in [0.2, 0.25) is 0 Å². The SMILES string of the molecule is COC(C)(CCCCO)CC(CO)c1ccccc1. The number of unbranched alkanes of at least 4 members (excludes halogenated alkanes) is 1. The molecule has 2 atom stereocenters. The van der Waals surface area contributed by atoms with Crippen LogP contribution in [-0.4, -0.2) is 36.1 Å². The molecule has 0 fully saturated rings. The average Bonchev–Trinajstić information content (AvgIpc) is 2.46. The van der Waals surface area contributed by atoms with Crippen molar-refractivity contribution in [3.8, 4) is 0 Å². The Morgan fingerprint density at radius 2 is 1.84 bits per heavy atom. The largest absolute Gasteiger partial charge is 0.396 e. The first-order valence-electron chi connectivity index (χ1n) is 6.97. The second-order valence-electron chi connectivity index (χ2n) is 5.33. The van der Waals surface area contributed by atoms with Crippen molar-refractivity contribution in [2.75, 3.05) is 20.3 Å². The number of benzene rings is 1. The van der Waals surface area contributed by atoms with Crippen LogP contribution in [0.5, 0.6) is 0 Å². The van der Waals surface area contributed by atoms with Crippen LogP contribution in [0.25, 0.3) is 0 Å². The third-order valence-corrected chi connectivity index (χ3v) is 3.78. The molecule has 108 valence electrons. The van der Waals surface area contributed by atoms with Crippen LogP contribution in [0, 0.1) is 0 Å². The molecule has 2 unspecified atom stereocenters. The summed E-state index contributed by atoms with van der Waals surface area (Å²) in [5, 5.41) is 18.5. The molecule has 1 aromatic rings. The fraction of sp³-hybridized carbons (Fsp3) is 0.625. The summed E-state index contributed by atoms with van der Waals surface area (Å²) in [5.74, 6) is 0.0975. The smallest absolute Gasteiger partial charge is 0.0657 e.